The highest BCUT2D eigenvalue weighted by Gasteiger charge is 2.12. The number of carbonyl (C=O) groups is 1. The molecule has 0 fully saturated rings. The topological polar surface area (TPSA) is 50.2 Å². The molecule has 0 saturated heterocycles. The van der Waals surface area contributed by atoms with Crippen LogP contribution in [0.3, 0.4) is 0 Å². The zero-order chi connectivity index (χ0) is 12.8. The molecule has 0 aliphatic carbocycles. The fraction of sp³-hybridized carbons (Fsp3) is 0.455. The van der Waals surface area contributed by atoms with Crippen molar-refractivity contribution in [3.05, 3.63) is 16.6 Å². The number of ketones is 1. The molecule has 0 saturated carbocycles. The van der Waals surface area contributed by atoms with Crippen LogP contribution in [0.2, 0.25) is 0 Å². The SMILES string of the molecule is CSc1nc(/C=C(\C)[C@H](O)CC(=O)CF)cs1. The maximum Gasteiger partial charge on any atom is 0.166 e. The Kier molecular flexibility index (Phi) is 5.80. The Hall–Kier alpha value is -0.720. The number of hydrogen-bond donors (Lipinski definition) is 1. The van der Waals surface area contributed by atoms with Gasteiger partial charge in [0.25, 0.3) is 0 Å². The number of thiazole rings is 1. The predicted molar refractivity (Wildman–Crippen MR) is 69.2 cm³/mol. The molecule has 94 valence electrons. The van der Waals surface area contributed by atoms with Gasteiger partial charge in [0.2, 0.25) is 0 Å². The van der Waals surface area contributed by atoms with Gasteiger partial charge in [-0.15, -0.1) is 11.3 Å². The maximum atomic E-state index is 12.0. The van der Waals surface area contributed by atoms with Gasteiger partial charge < -0.3 is 5.11 Å². The average Bonchev–Trinajstić information content (AvgIpc) is 2.76. The number of aliphatic hydroxyl groups excluding tert-OH is 1. The van der Waals surface area contributed by atoms with Crippen molar-refractivity contribution >= 4 is 35.0 Å². The fourth-order valence-corrected chi connectivity index (χ4v) is 2.42. The highest BCUT2D eigenvalue weighted by Crippen LogP contribution is 2.21. The monoisotopic (exact) mass is 275 g/mol. The van der Waals surface area contributed by atoms with Crippen molar-refractivity contribution in [2.45, 2.75) is 23.8 Å². The quantitative estimate of drug-likeness (QED) is 0.811. The molecule has 17 heavy (non-hydrogen) atoms. The summed E-state index contributed by atoms with van der Waals surface area (Å²) < 4.78 is 12.9. The van der Waals surface area contributed by atoms with Crippen LogP contribution in [0.25, 0.3) is 6.08 Å². The van der Waals surface area contributed by atoms with E-state index in [1.807, 2.05) is 11.6 Å². The Bertz CT molecular complexity index is 417. The first-order chi connectivity index (χ1) is 8.06. The van der Waals surface area contributed by atoms with Crippen molar-refractivity contribution in [3.63, 3.8) is 0 Å². The van der Waals surface area contributed by atoms with E-state index in [1.165, 1.54) is 11.3 Å². The van der Waals surface area contributed by atoms with Crippen LogP contribution in [0.5, 0.6) is 0 Å². The lowest BCUT2D eigenvalue weighted by Crippen LogP contribution is -2.15. The summed E-state index contributed by atoms with van der Waals surface area (Å²) in [4.78, 5) is 15.1. The second-order valence-electron chi connectivity index (χ2n) is 3.52. The number of rotatable bonds is 6. The molecule has 0 radical (unpaired) electrons. The third-order valence-corrected chi connectivity index (χ3v) is 4.03. The van der Waals surface area contributed by atoms with Crippen molar-refractivity contribution in [2.24, 2.45) is 0 Å². The summed E-state index contributed by atoms with van der Waals surface area (Å²) in [7, 11) is 0. The zero-order valence-electron chi connectivity index (χ0n) is 9.64. The molecule has 0 aliphatic heterocycles. The Balaban J connectivity index is 2.67. The van der Waals surface area contributed by atoms with Crippen LogP contribution >= 0.6 is 23.1 Å². The van der Waals surface area contributed by atoms with E-state index in [1.54, 1.807) is 24.8 Å². The summed E-state index contributed by atoms with van der Waals surface area (Å²) in [5.74, 6) is -0.590. The van der Waals surface area contributed by atoms with Gasteiger partial charge in [0.15, 0.2) is 5.78 Å². The molecule has 0 unspecified atom stereocenters. The van der Waals surface area contributed by atoms with E-state index in [0.29, 0.717) is 5.57 Å². The van der Waals surface area contributed by atoms with E-state index in [4.69, 9.17) is 0 Å². The standard InChI is InChI=1S/C11H14FNO2S2/c1-7(10(15)4-9(14)5-12)3-8-6-17-11(13-8)16-2/h3,6,10,15H,4-5H2,1-2H3/b7-3+/t10-/m1/s1. The highest BCUT2D eigenvalue weighted by molar-refractivity contribution is 8.00. The maximum absolute atomic E-state index is 12.0. The zero-order valence-corrected chi connectivity index (χ0v) is 11.3. The predicted octanol–water partition coefficient (Wildman–Crippen LogP) is 2.56. The number of carbonyl (C=O) groups excluding carboxylic acids is 1. The van der Waals surface area contributed by atoms with Gasteiger partial charge in [0, 0.05) is 11.8 Å². The summed E-state index contributed by atoms with van der Waals surface area (Å²) in [5, 5.41) is 11.5. The third kappa shape index (κ3) is 4.57. The summed E-state index contributed by atoms with van der Waals surface area (Å²) in [6.07, 6.45) is 2.54. The van der Waals surface area contributed by atoms with E-state index in [0.717, 1.165) is 10.0 Å². The molecule has 1 aromatic heterocycles. The minimum absolute atomic E-state index is 0.182. The summed E-state index contributed by atoms with van der Waals surface area (Å²) in [6, 6.07) is 0. The van der Waals surface area contributed by atoms with E-state index < -0.39 is 18.6 Å². The molecule has 0 amide bonds. The van der Waals surface area contributed by atoms with Crippen LogP contribution in [-0.2, 0) is 4.79 Å². The van der Waals surface area contributed by atoms with Crippen molar-refractivity contribution in [1.82, 2.24) is 4.98 Å². The normalized spacial score (nSPS) is 13.8. The van der Waals surface area contributed by atoms with E-state index in [9.17, 15) is 14.3 Å². The molecule has 1 atom stereocenters. The number of aliphatic hydroxyl groups is 1. The summed E-state index contributed by atoms with van der Waals surface area (Å²) in [6.45, 7) is 0.673. The van der Waals surface area contributed by atoms with E-state index in [2.05, 4.69) is 4.98 Å². The number of aromatic nitrogens is 1. The Morgan fingerprint density at radius 1 is 1.76 bits per heavy atom. The molecular weight excluding hydrogens is 261 g/mol. The van der Waals surface area contributed by atoms with Gasteiger partial charge >= 0.3 is 0 Å². The van der Waals surface area contributed by atoms with Gasteiger partial charge in [0.1, 0.15) is 11.0 Å². The first-order valence-electron chi connectivity index (χ1n) is 5.00. The van der Waals surface area contributed by atoms with Crippen molar-refractivity contribution in [3.8, 4) is 0 Å². The highest BCUT2D eigenvalue weighted by atomic mass is 32.2. The molecule has 0 bridgehead atoms. The largest absolute Gasteiger partial charge is 0.388 e. The lowest BCUT2D eigenvalue weighted by atomic mass is 10.1. The number of halogens is 1. The Morgan fingerprint density at radius 2 is 2.47 bits per heavy atom. The Labute approximate surface area is 108 Å². The van der Waals surface area contributed by atoms with Crippen molar-refractivity contribution in [1.29, 1.82) is 0 Å². The van der Waals surface area contributed by atoms with E-state index >= 15 is 0 Å². The number of Topliss-reactive ketones (excluding diaryl/α,β-unsaturated/α-hetero) is 1. The molecule has 0 aromatic carbocycles. The number of hydrogen-bond acceptors (Lipinski definition) is 5. The molecule has 1 heterocycles. The smallest absolute Gasteiger partial charge is 0.166 e. The molecule has 1 N–H and O–H groups in total. The van der Waals surface area contributed by atoms with Gasteiger partial charge in [-0.2, -0.15) is 0 Å². The molecule has 0 aliphatic rings. The van der Waals surface area contributed by atoms with Gasteiger partial charge in [-0.25, -0.2) is 9.37 Å². The first kappa shape index (κ1) is 14.3. The average molecular weight is 275 g/mol. The third-order valence-electron chi connectivity index (χ3n) is 2.15. The minimum Gasteiger partial charge on any atom is -0.388 e. The number of thioether (sulfide) groups is 1. The molecule has 6 heteroatoms. The lowest BCUT2D eigenvalue weighted by molar-refractivity contribution is -0.121. The molecule has 3 nitrogen and oxygen atoms in total. The number of alkyl halides is 1. The lowest BCUT2D eigenvalue weighted by Gasteiger charge is -2.08. The van der Waals surface area contributed by atoms with Crippen LogP contribution in [0.1, 0.15) is 19.0 Å². The summed E-state index contributed by atoms with van der Waals surface area (Å²) >= 11 is 3.07. The van der Waals surface area contributed by atoms with E-state index in [-0.39, 0.29) is 6.42 Å². The van der Waals surface area contributed by atoms with Crippen molar-refractivity contribution in [2.75, 3.05) is 12.9 Å². The fourth-order valence-electron chi connectivity index (χ4n) is 1.19. The van der Waals surface area contributed by atoms with Crippen LogP contribution in [0.15, 0.2) is 15.3 Å². The minimum atomic E-state index is -1.03. The molecule has 0 spiro atoms. The molecule has 1 rings (SSSR count). The first-order valence-corrected chi connectivity index (χ1v) is 7.10. The van der Waals surface area contributed by atoms with Crippen LogP contribution in [0.4, 0.5) is 4.39 Å². The van der Waals surface area contributed by atoms with Gasteiger partial charge in [-0.1, -0.05) is 11.8 Å². The van der Waals surface area contributed by atoms with Gasteiger partial charge in [-0.05, 0) is 24.8 Å². The van der Waals surface area contributed by atoms with Gasteiger partial charge in [-0.3, -0.25) is 4.79 Å². The second-order valence-corrected chi connectivity index (χ2v) is 5.43. The Morgan fingerprint density at radius 3 is 3.00 bits per heavy atom. The molecular formula is C11H14FNO2S2. The van der Waals surface area contributed by atoms with Crippen LogP contribution in [-0.4, -0.2) is 34.9 Å². The van der Waals surface area contributed by atoms with Crippen molar-refractivity contribution < 1.29 is 14.3 Å². The van der Waals surface area contributed by atoms with Gasteiger partial charge in [0.05, 0.1) is 11.8 Å². The number of nitrogens with zero attached hydrogens (tertiary/aromatic N) is 1. The summed E-state index contributed by atoms with van der Waals surface area (Å²) in [5.41, 5.74) is 1.37. The van der Waals surface area contributed by atoms with Crippen LogP contribution < -0.4 is 0 Å². The molecule has 1 aromatic rings. The second kappa shape index (κ2) is 6.88. The van der Waals surface area contributed by atoms with Crippen LogP contribution in [0, 0.1) is 0 Å².